The Labute approximate surface area is 172 Å². The molecule has 1 aliphatic heterocycles. The second-order valence-corrected chi connectivity index (χ2v) is 6.98. The van der Waals surface area contributed by atoms with Gasteiger partial charge in [-0.2, -0.15) is 0 Å². The Morgan fingerprint density at radius 3 is 2.63 bits per heavy atom. The summed E-state index contributed by atoms with van der Waals surface area (Å²) in [5.41, 5.74) is 5.82. The molecule has 0 N–H and O–H groups in total. The van der Waals surface area contributed by atoms with E-state index in [2.05, 4.69) is 10.7 Å². The van der Waals surface area contributed by atoms with Gasteiger partial charge in [0.25, 0.3) is 0 Å². The molecule has 3 heterocycles. The molecule has 5 nitrogen and oxygen atoms in total. The van der Waals surface area contributed by atoms with E-state index in [9.17, 15) is 8.78 Å². The lowest BCUT2D eigenvalue weighted by molar-refractivity contribution is 0.122. The molecule has 0 bridgehead atoms. The highest BCUT2D eigenvalue weighted by molar-refractivity contribution is 5.72. The van der Waals surface area contributed by atoms with Crippen LogP contribution in [0.5, 0.6) is 0 Å². The van der Waals surface area contributed by atoms with Gasteiger partial charge < -0.3 is 9.64 Å². The number of hydrogen-bond donors (Lipinski definition) is 0. The molecule has 0 radical (unpaired) electrons. The molecule has 1 fully saturated rings. The fourth-order valence-corrected chi connectivity index (χ4v) is 3.64. The van der Waals surface area contributed by atoms with Gasteiger partial charge >= 0.3 is 0 Å². The summed E-state index contributed by atoms with van der Waals surface area (Å²) in [6.45, 7) is 2.31. The predicted molar refractivity (Wildman–Crippen MR) is 111 cm³/mol. The largest absolute Gasteiger partial charge is 0.378 e. The SMILES string of the molecule is Fc1ccc(-n2c(-c3cnc(N4CCOCC4)c(F)c3)nc3c2C=C=CC=C3)cc1. The number of pyridine rings is 1. The van der Waals surface area contributed by atoms with Gasteiger partial charge in [-0.1, -0.05) is 6.08 Å². The fraction of sp³-hybridized carbons (Fsp3) is 0.174. The van der Waals surface area contributed by atoms with Crippen molar-refractivity contribution in [3.63, 3.8) is 0 Å². The van der Waals surface area contributed by atoms with Crippen LogP contribution in [0.25, 0.3) is 29.2 Å². The smallest absolute Gasteiger partial charge is 0.166 e. The number of halogens is 2. The van der Waals surface area contributed by atoms with Gasteiger partial charge in [-0.3, -0.25) is 4.57 Å². The zero-order chi connectivity index (χ0) is 20.5. The molecule has 7 heteroatoms. The van der Waals surface area contributed by atoms with Crippen LogP contribution in [-0.2, 0) is 4.74 Å². The first kappa shape index (κ1) is 18.5. The first-order valence-corrected chi connectivity index (χ1v) is 9.67. The van der Waals surface area contributed by atoms with Crippen molar-refractivity contribution < 1.29 is 13.5 Å². The number of allylic oxidation sites excluding steroid dienone is 2. The molecule has 3 aromatic rings. The monoisotopic (exact) mass is 404 g/mol. The van der Waals surface area contributed by atoms with Gasteiger partial charge in [0.2, 0.25) is 0 Å². The minimum absolute atomic E-state index is 0.311. The topological polar surface area (TPSA) is 43.2 Å². The number of fused-ring (bicyclic) bond motifs is 1. The summed E-state index contributed by atoms with van der Waals surface area (Å²) in [6, 6.07) is 7.55. The van der Waals surface area contributed by atoms with Crippen molar-refractivity contribution in [3.8, 4) is 17.1 Å². The third kappa shape index (κ3) is 3.34. The van der Waals surface area contributed by atoms with Crippen molar-refractivity contribution in [1.82, 2.24) is 14.5 Å². The van der Waals surface area contributed by atoms with Gasteiger partial charge in [0.15, 0.2) is 11.6 Å². The van der Waals surface area contributed by atoms with Crippen LogP contribution in [0.1, 0.15) is 11.4 Å². The highest BCUT2D eigenvalue weighted by Gasteiger charge is 2.21. The van der Waals surface area contributed by atoms with Gasteiger partial charge in [-0.25, -0.2) is 18.7 Å². The van der Waals surface area contributed by atoms with Crippen molar-refractivity contribution in [2.24, 2.45) is 0 Å². The Bertz CT molecular complexity index is 1180. The van der Waals surface area contributed by atoms with E-state index in [4.69, 9.17) is 9.72 Å². The van der Waals surface area contributed by atoms with Crippen LogP contribution in [0.15, 0.2) is 54.4 Å². The molecule has 5 rings (SSSR count). The van der Waals surface area contributed by atoms with Crippen molar-refractivity contribution in [2.75, 3.05) is 31.2 Å². The van der Waals surface area contributed by atoms with E-state index in [-0.39, 0.29) is 5.82 Å². The summed E-state index contributed by atoms with van der Waals surface area (Å²) in [5.74, 6) is 0.0935. The molecule has 0 amide bonds. The average molecular weight is 404 g/mol. The van der Waals surface area contributed by atoms with E-state index in [0.717, 1.165) is 5.69 Å². The summed E-state index contributed by atoms with van der Waals surface area (Å²) in [4.78, 5) is 11.0. The third-order valence-electron chi connectivity index (χ3n) is 5.08. The normalized spacial score (nSPS) is 15.3. The van der Waals surface area contributed by atoms with Gasteiger partial charge in [0.05, 0.1) is 24.6 Å². The van der Waals surface area contributed by atoms with Crippen molar-refractivity contribution in [1.29, 1.82) is 0 Å². The van der Waals surface area contributed by atoms with Crippen LogP contribution in [0.4, 0.5) is 14.6 Å². The highest BCUT2D eigenvalue weighted by atomic mass is 19.1. The maximum atomic E-state index is 15.0. The first-order chi connectivity index (χ1) is 14.7. The van der Waals surface area contributed by atoms with Crippen LogP contribution in [-0.4, -0.2) is 40.8 Å². The average Bonchev–Trinajstić information content (AvgIpc) is 2.97. The minimum Gasteiger partial charge on any atom is -0.378 e. The maximum Gasteiger partial charge on any atom is 0.166 e. The lowest BCUT2D eigenvalue weighted by Gasteiger charge is -2.28. The van der Waals surface area contributed by atoms with E-state index in [0.29, 0.717) is 54.9 Å². The number of ether oxygens (including phenoxy) is 1. The molecular formula is C23H18F2N4O. The zero-order valence-corrected chi connectivity index (χ0v) is 16.1. The third-order valence-corrected chi connectivity index (χ3v) is 5.08. The van der Waals surface area contributed by atoms with Gasteiger partial charge in [-0.15, -0.1) is 5.73 Å². The second kappa shape index (κ2) is 7.71. The van der Waals surface area contributed by atoms with Crippen LogP contribution in [0.3, 0.4) is 0 Å². The molecule has 0 atom stereocenters. The fourth-order valence-electron chi connectivity index (χ4n) is 3.64. The quantitative estimate of drug-likeness (QED) is 0.613. The number of anilines is 1. The number of nitrogens with zero attached hydrogens (tertiary/aromatic N) is 4. The number of rotatable bonds is 3. The predicted octanol–water partition coefficient (Wildman–Crippen LogP) is 4.24. The Morgan fingerprint density at radius 1 is 1.07 bits per heavy atom. The molecule has 0 unspecified atom stereocenters. The summed E-state index contributed by atoms with van der Waals surface area (Å²) >= 11 is 0. The van der Waals surface area contributed by atoms with E-state index in [1.54, 1.807) is 30.5 Å². The van der Waals surface area contributed by atoms with Crippen molar-refractivity contribution in [3.05, 3.63) is 77.4 Å². The number of hydrogen-bond acceptors (Lipinski definition) is 4. The molecule has 2 aromatic heterocycles. The highest BCUT2D eigenvalue weighted by Crippen LogP contribution is 2.31. The molecule has 30 heavy (non-hydrogen) atoms. The van der Waals surface area contributed by atoms with E-state index >= 15 is 0 Å². The lowest BCUT2D eigenvalue weighted by atomic mass is 10.2. The summed E-state index contributed by atoms with van der Waals surface area (Å²) in [7, 11) is 0. The number of imidazole rings is 1. The summed E-state index contributed by atoms with van der Waals surface area (Å²) < 4.78 is 35.7. The van der Waals surface area contributed by atoms with E-state index in [1.807, 2.05) is 21.6 Å². The second-order valence-electron chi connectivity index (χ2n) is 6.98. The lowest BCUT2D eigenvalue weighted by Crippen LogP contribution is -2.37. The van der Waals surface area contributed by atoms with E-state index in [1.165, 1.54) is 18.2 Å². The molecule has 0 saturated carbocycles. The number of morpholine rings is 1. The first-order valence-electron chi connectivity index (χ1n) is 9.67. The molecule has 1 aromatic carbocycles. The molecule has 2 aliphatic rings. The molecular weight excluding hydrogens is 386 g/mol. The minimum atomic E-state index is -0.413. The number of aromatic nitrogens is 3. The van der Waals surface area contributed by atoms with Gasteiger partial charge in [0.1, 0.15) is 11.6 Å². The maximum absolute atomic E-state index is 15.0. The van der Waals surface area contributed by atoms with Crippen LogP contribution < -0.4 is 4.90 Å². The van der Waals surface area contributed by atoms with Gasteiger partial charge in [0, 0.05) is 36.6 Å². The molecule has 1 saturated heterocycles. The zero-order valence-electron chi connectivity index (χ0n) is 16.1. The molecule has 1 aliphatic carbocycles. The van der Waals surface area contributed by atoms with Crippen molar-refractivity contribution in [2.45, 2.75) is 0 Å². The standard InChI is InChI=1S/C23H18F2N4O/c24-17-6-8-18(9-7-17)29-21-5-3-1-2-4-20(21)27-22(29)16-14-19(25)23(26-15-16)28-10-12-30-13-11-28/h1-2,4-9,14-15H,10-13H2. The Morgan fingerprint density at radius 2 is 1.87 bits per heavy atom. The summed E-state index contributed by atoms with van der Waals surface area (Å²) in [5, 5.41) is 0. The van der Waals surface area contributed by atoms with Crippen LogP contribution in [0.2, 0.25) is 0 Å². The van der Waals surface area contributed by atoms with Crippen LogP contribution in [0, 0.1) is 11.6 Å². The van der Waals surface area contributed by atoms with E-state index < -0.39 is 5.82 Å². The Kier molecular flexibility index (Phi) is 4.75. The van der Waals surface area contributed by atoms with Crippen molar-refractivity contribution >= 4 is 18.0 Å². The Balaban J connectivity index is 1.64. The Hall–Kier alpha value is -3.54. The molecule has 150 valence electrons. The van der Waals surface area contributed by atoms with Crippen LogP contribution >= 0.6 is 0 Å². The summed E-state index contributed by atoms with van der Waals surface area (Å²) in [6.07, 6.45) is 8.92. The van der Waals surface area contributed by atoms with Gasteiger partial charge in [-0.05, 0) is 42.5 Å². The molecule has 0 spiro atoms. The number of benzene rings is 1.